The standard InChI is InChI=1S/2C17H16N6O6S.C8H19N.Cr/c2*1-9-6-13(16(24)14(7-9)23(26)27)19-20-15-10(2)21-22(17(15)25)11-4-3-5-12(8-11)30(18,28)29;1-3-5-6-8(4-2)7-9;/h2*3-8,21,24H,1-2H3,(H2,18,28,29);8H,3-7,9H2,1-2H3;/p+1. The second-order valence-electron chi connectivity index (χ2n) is 15.5. The molecule has 0 radical (unpaired) electrons. The third-order valence-electron chi connectivity index (χ3n) is 10.1. The molecule has 0 saturated carbocycles. The Kier molecular flexibility index (Phi) is 19.9. The number of primary sulfonamides is 1. The molecular weight excluding hydrogens is 995 g/mol. The van der Waals surface area contributed by atoms with Gasteiger partial charge < -0.3 is 15.9 Å². The van der Waals surface area contributed by atoms with Gasteiger partial charge in [-0.05, 0) is 106 Å². The van der Waals surface area contributed by atoms with E-state index in [4.69, 9.17) is 16.0 Å². The van der Waals surface area contributed by atoms with Crippen LogP contribution in [0.4, 0.5) is 34.1 Å². The average Bonchev–Trinajstić information content (AvgIpc) is 3.74. The van der Waals surface area contributed by atoms with Gasteiger partial charge in [0.1, 0.15) is 4.90 Å². The molecule has 25 nitrogen and oxygen atoms in total. The minimum Gasteiger partial charge on any atom is -0.866 e. The predicted octanol–water partition coefficient (Wildman–Crippen LogP) is 5.46. The zero-order valence-electron chi connectivity index (χ0n) is 38.7. The first-order valence-electron chi connectivity index (χ1n) is 20.8. The molecule has 0 bridgehead atoms. The molecule has 70 heavy (non-hydrogen) atoms. The summed E-state index contributed by atoms with van der Waals surface area (Å²) in [6.45, 7) is 11.6. The third kappa shape index (κ3) is 14.4. The van der Waals surface area contributed by atoms with Gasteiger partial charge in [-0.3, -0.25) is 40.0 Å². The Hall–Kier alpha value is -7.19. The molecule has 28 heteroatoms. The van der Waals surface area contributed by atoms with Crippen LogP contribution in [-0.2, 0) is 37.4 Å². The molecule has 1 unspecified atom stereocenters. The summed E-state index contributed by atoms with van der Waals surface area (Å²) in [4.78, 5) is 45.8. The molecule has 0 fully saturated rings. The second kappa shape index (κ2) is 24.4. The summed E-state index contributed by atoms with van der Waals surface area (Å²) in [5.41, 5.74) is 4.60. The first-order valence-corrected chi connectivity index (χ1v) is 24.0. The number of rotatable bonds is 15. The Morgan fingerprint density at radius 3 is 1.64 bits per heavy atom. The predicted molar refractivity (Wildman–Crippen MR) is 253 cm³/mol. The van der Waals surface area contributed by atoms with E-state index in [1.54, 1.807) is 20.8 Å². The SMILES string of the molecule is CCCCC(CC)CN.Cc1cc(N=Nc2c(C)[nH]n(-c3cccc(S(N)(=O)=O)c3)c2=O)c([O-])c([N+](=O)[O-])c1.Cc1cc(N=Nc2c(C)[nH]n(-c3cccc(S([NH3+])(=O)=O)c3)c2=O)c([OH2+])c([N+](=O)[O-])c1.[Cr]. The Morgan fingerprint density at radius 1 is 0.743 bits per heavy atom. The fourth-order valence-corrected chi connectivity index (χ4v) is 7.54. The first kappa shape index (κ1) is 57.1. The summed E-state index contributed by atoms with van der Waals surface area (Å²) in [6, 6.07) is 16.1. The number of hydrogen-bond acceptors (Lipinski definition) is 16. The van der Waals surface area contributed by atoms with Crippen molar-refractivity contribution in [2.75, 3.05) is 6.54 Å². The smallest absolute Gasteiger partial charge is 0.365 e. The molecule has 0 saturated heterocycles. The molecule has 2 heterocycles. The van der Waals surface area contributed by atoms with Gasteiger partial charge in [0.25, 0.3) is 16.8 Å². The zero-order chi connectivity index (χ0) is 51.5. The molecule has 2 aromatic heterocycles. The van der Waals surface area contributed by atoms with E-state index in [-0.39, 0.29) is 67.0 Å². The number of nitrogens with zero attached hydrogens (tertiary/aromatic N) is 8. The van der Waals surface area contributed by atoms with E-state index < -0.39 is 63.9 Å². The number of nitrogens with one attached hydrogen (secondary N) is 2. The van der Waals surface area contributed by atoms with Gasteiger partial charge in [0.05, 0.1) is 43.2 Å². The van der Waals surface area contributed by atoms with Crippen LogP contribution in [0.5, 0.6) is 11.5 Å². The summed E-state index contributed by atoms with van der Waals surface area (Å²) >= 11 is 0. The van der Waals surface area contributed by atoms with Crippen molar-refractivity contribution in [3.63, 3.8) is 0 Å². The van der Waals surface area contributed by atoms with E-state index >= 15 is 0 Å². The first-order chi connectivity index (χ1) is 32.3. The topological polar surface area (TPSA) is 405 Å². The number of quaternary nitrogens is 1. The molecule has 1 atom stereocenters. The molecule has 6 rings (SSSR count). The number of sulfonamides is 2. The van der Waals surface area contributed by atoms with Gasteiger partial charge in [-0.25, -0.2) is 28.1 Å². The van der Waals surface area contributed by atoms with Gasteiger partial charge in [-0.1, -0.05) is 45.2 Å². The third-order valence-corrected chi connectivity index (χ3v) is 12.0. The van der Waals surface area contributed by atoms with Crippen LogP contribution in [0.1, 0.15) is 62.0 Å². The Labute approximate surface area is 411 Å². The van der Waals surface area contributed by atoms with Crippen LogP contribution in [0.2, 0.25) is 0 Å². The maximum atomic E-state index is 12.8. The van der Waals surface area contributed by atoms with Gasteiger partial charge in [-0.15, -0.1) is 15.3 Å². The van der Waals surface area contributed by atoms with Crippen molar-refractivity contribution in [3.05, 3.63) is 136 Å². The minimum absolute atomic E-state index is 0. The van der Waals surface area contributed by atoms with Crippen LogP contribution >= 0.6 is 0 Å². The number of aromatic nitrogens is 4. The molecule has 0 aliphatic rings. The number of nitrogens with two attached hydrogens (primary N) is 2. The van der Waals surface area contributed by atoms with Crippen molar-refractivity contribution in [1.82, 2.24) is 19.6 Å². The van der Waals surface area contributed by atoms with Crippen molar-refractivity contribution in [2.24, 2.45) is 37.2 Å². The van der Waals surface area contributed by atoms with Crippen molar-refractivity contribution in [2.45, 2.75) is 77.0 Å². The Bertz CT molecular complexity index is 3080. The molecule has 374 valence electrons. The number of benzene rings is 4. The summed E-state index contributed by atoms with van der Waals surface area (Å²) in [5, 5.41) is 71.1. The van der Waals surface area contributed by atoms with Gasteiger partial charge in [0.15, 0.2) is 17.1 Å². The Morgan fingerprint density at radius 2 is 1.20 bits per heavy atom. The molecule has 4 aromatic carbocycles. The van der Waals surface area contributed by atoms with Gasteiger partial charge >= 0.3 is 21.5 Å². The number of unbranched alkanes of at least 4 members (excludes halogenated alkanes) is 1. The van der Waals surface area contributed by atoms with E-state index in [9.17, 15) is 51.8 Å². The zero-order valence-corrected chi connectivity index (χ0v) is 41.6. The fraction of sp³-hybridized carbons (Fsp3) is 0.286. The fourth-order valence-electron chi connectivity index (χ4n) is 6.40. The normalized spacial score (nSPS) is 11.9. The van der Waals surface area contributed by atoms with Gasteiger partial charge in [-0.2, -0.15) is 13.5 Å². The number of aromatic amines is 2. The van der Waals surface area contributed by atoms with Crippen molar-refractivity contribution in [3.8, 4) is 22.9 Å². The van der Waals surface area contributed by atoms with Crippen molar-refractivity contribution < 1.29 is 59.4 Å². The number of nitro benzene ring substituents is 2. The summed E-state index contributed by atoms with van der Waals surface area (Å²) in [7, 11) is -7.69. The average molecular weight is 1050 g/mol. The van der Waals surface area contributed by atoms with Gasteiger partial charge in [0, 0.05) is 35.2 Å². The molecule has 6 aromatic rings. The second-order valence-corrected chi connectivity index (χ2v) is 18.7. The van der Waals surface area contributed by atoms with Crippen molar-refractivity contribution in [1.29, 1.82) is 0 Å². The quantitative estimate of drug-likeness (QED) is 0.0370. The number of hydrogen-bond donors (Lipinski definition) is 5. The van der Waals surface area contributed by atoms with E-state index in [1.165, 1.54) is 99.3 Å². The number of nitro groups is 2. The molecule has 0 spiro atoms. The largest absolute Gasteiger partial charge is 0.866 e. The molecule has 0 amide bonds. The van der Waals surface area contributed by atoms with Crippen LogP contribution < -0.4 is 32.2 Å². The Balaban J connectivity index is 0.000000312. The molecular formula is C42H52CrN13O12S2+. The summed E-state index contributed by atoms with van der Waals surface area (Å²) in [5.74, 6) is -0.565. The monoisotopic (exact) mass is 1050 g/mol. The van der Waals surface area contributed by atoms with E-state index in [1.807, 2.05) is 0 Å². The van der Waals surface area contributed by atoms with Gasteiger partial charge in [0.2, 0.25) is 10.0 Å². The number of aryl methyl sites for hydroxylation is 4. The van der Waals surface area contributed by atoms with Crippen LogP contribution in [0, 0.1) is 53.8 Å². The number of H-pyrrole nitrogens is 2. The van der Waals surface area contributed by atoms with Crippen molar-refractivity contribution >= 4 is 54.2 Å². The van der Waals surface area contributed by atoms with E-state index in [2.05, 4.69) is 49.6 Å². The van der Waals surface area contributed by atoms with Crippen LogP contribution in [0.25, 0.3) is 11.4 Å². The van der Waals surface area contributed by atoms with Crippen LogP contribution in [0.15, 0.2) is 113 Å². The van der Waals surface area contributed by atoms with Crippen LogP contribution in [0.3, 0.4) is 0 Å². The number of azo groups is 2. The molecule has 11 N–H and O–H groups in total. The molecule has 0 aliphatic heterocycles. The maximum absolute atomic E-state index is 12.8. The summed E-state index contributed by atoms with van der Waals surface area (Å²) < 4.78 is 48.5. The maximum Gasteiger partial charge on any atom is 0.365 e. The van der Waals surface area contributed by atoms with E-state index in [0.29, 0.717) is 16.8 Å². The molecule has 0 aliphatic carbocycles. The van der Waals surface area contributed by atoms with Crippen LogP contribution in [-0.4, -0.2) is 57.9 Å². The summed E-state index contributed by atoms with van der Waals surface area (Å²) in [6.07, 6.45) is 5.21. The minimum atomic E-state index is -3.98. The van der Waals surface area contributed by atoms with E-state index in [0.717, 1.165) is 27.9 Å².